The number of hydrogen-bond donors (Lipinski definition) is 1. The molecule has 1 aliphatic carbocycles. The van der Waals surface area contributed by atoms with Gasteiger partial charge in [-0.2, -0.15) is 15.1 Å². The summed E-state index contributed by atoms with van der Waals surface area (Å²) in [6.45, 7) is 4.69. The zero-order chi connectivity index (χ0) is 14.3. The Morgan fingerprint density at radius 3 is 2.70 bits per heavy atom. The van der Waals surface area contributed by atoms with Gasteiger partial charge < -0.3 is 4.90 Å². The van der Waals surface area contributed by atoms with Crippen LogP contribution < -0.4 is 4.90 Å². The molecule has 5 nitrogen and oxygen atoms in total. The van der Waals surface area contributed by atoms with Crippen LogP contribution in [0.25, 0.3) is 11.0 Å². The highest BCUT2D eigenvalue weighted by Crippen LogP contribution is 2.38. The van der Waals surface area contributed by atoms with E-state index in [0.717, 1.165) is 11.2 Å². The molecule has 2 aromatic rings. The molecular weight excluding hydrogens is 274 g/mol. The molecule has 0 saturated heterocycles. The number of anilines is 1. The molecule has 0 spiro atoms. The Labute approximate surface area is 123 Å². The number of aromatic amines is 1. The minimum atomic E-state index is 0.264. The van der Waals surface area contributed by atoms with Crippen molar-refractivity contribution >= 4 is 28.5 Å². The quantitative estimate of drug-likeness (QED) is 0.862. The average Bonchev–Trinajstić information content (AvgIpc) is 2.85. The lowest BCUT2D eigenvalue weighted by molar-refractivity contribution is 0.222. The molecule has 1 fully saturated rings. The standard InChI is InChI=1S/C14H20ClN5/c1-14(2)6-4-9(5-7-14)20(3)12-10-8-16-19-11(10)17-13(15)18-12/h8-9H,4-7H2,1-3H3,(H,16,17,18,19). The minimum absolute atomic E-state index is 0.264. The first-order valence-electron chi connectivity index (χ1n) is 7.06. The van der Waals surface area contributed by atoms with Crippen molar-refractivity contribution in [2.24, 2.45) is 5.41 Å². The average molecular weight is 294 g/mol. The third-order valence-corrected chi connectivity index (χ3v) is 4.62. The SMILES string of the molecule is CN(c1nc(Cl)nc2[nH]ncc12)C1CCC(C)(C)CC1. The lowest BCUT2D eigenvalue weighted by Gasteiger charge is -2.39. The molecule has 6 heteroatoms. The van der Waals surface area contributed by atoms with E-state index in [4.69, 9.17) is 11.6 Å². The van der Waals surface area contributed by atoms with Crippen LogP contribution in [0.15, 0.2) is 6.20 Å². The van der Waals surface area contributed by atoms with Gasteiger partial charge in [-0.05, 0) is 42.7 Å². The molecule has 1 aliphatic rings. The van der Waals surface area contributed by atoms with Crippen LogP contribution in [0.5, 0.6) is 0 Å². The summed E-state index contributed by atoms with van der Waals surface area (Å²) in [5.41, 5.74) is 1.16. The second-order valence-electron chi connectivity index (χ2n) is 6.45. The fourth-order valence-electron chi connectivity index (χ4n) is 3.01. The summed E-state index contributed by atoms with van der Waals surface area (Å²) in [6, 6.07) is 0.507. The Kier molecular flexibility index (Phi) is 3.32. The third-order valence-electron chi connectivity index (χ3n) is 4.45. The Balaban J connectivity index is 1.89. The van der Waals surface area contributed by atoms with E-state index < -0.39 is 0 Å². The lowest BCUT2D eigenvalue weighted by Crippen LogP contribution is -2.37. The van der Waals surface area contributed by atoms with Gasteiger partial charge in [-0.15, -0.1) is 0 Å². The molecule has 1 saturated carbocycles. The Hall–Kier alpha value is -1.36. The van der Waals surface area contributed by atoms with Gasteiger partial charge in [0.05, 0.1) is 11.6 Å². The van der Waals surface area contributed by atoms with Crippen molar-refractivity contribution in [3.05, 3.63) is 11.5 Å². The van der Waals surface area contributed by atoms with Crippen molar-refractivity contribution in [3.63, 3.8) is 0 Å². The first kappa shape index (κ1) is 13.6. The van der Waals surface area contributed by atoms with Gasteiger partial charge in [0, 0.05) is 13.1 Å². The second-order valence-corrected chi connectivity index (χ2v) is 6.79. The highest BCUT2D eigenvalue weighted by atomic mass is 35.5. The number of hydrogen-bond acceptors (Lipinski definition) is 4. The van der Waals surface area contributed by atoms with Gasteiger partial charge in [-0.25, -0.2) is 0 Å². The summed E-state index contributed by atoms with van der Waals surface area (Å²) >= 11 is 6.01. The van der Waals surface area contributed by atoms with Crippen LogP contribution in [0, 0.1) is 5.41 Å². The first-order chi connectivity index (χ1) is 9.46. The summed E-state index contributed by atoms with van der Waals surface area (Å²) in [6.07, 6.45) is 6.63. The smallest absolute Gasteiger partial charge is 0.226 e. The molecule has 2 aromatic heterocycles. The predicted molar refractivity (Wildman–Crippen MR) is 81.1 cm³/mol. The Morgan fingerprint density at radius 2 is 2.00 bits per heavy atom. The Bertz CT molecular complexity index is 611. The fourth-order valence-corrected chi connectivity index (χ4v) is 3.17. The van der Waals surface area contributed by atoms with E-state index >= 15 is 0 Å². The molecule has 2 heterocycles. The highest BCUT2D eigenvalue weighted by Gasteiger charge is 2.30. The molecule has 0 aliphatic heterocycles. The molecule has 0 bridgehead atoms. The summed E-state index contributed by atoms with van der Waals surface area (Å²) in [5, 5.41) is 8.10. The summed E-state index contributed by atoms with van der Waals surface area (Å²) < 4.78 is 0. The topological polar surface area (TPSA) is 57.7 Å². The van der Waals surface area contributed by atoms with Crippen LogP contribution in [0.3, 0.4) is 0 Å². The molecule has 3 rings (SSSR count). The van der Waals surface area contributed by atoms with Crippen LogP contribution >= 0.6 is 11.6 Å². The van der Waals surface area contributed by atoms with E-state index in [9.17, 15) is 0 Å². The van der Waals surface area contributed by atoms with Crippen LogP contribution in [-0.2, 0) is 0 Å². The van der Waals surface area contributed by atoms with Gasteiger partial charge in [0.25, 0.3) is 0 Å². The van der Waals surface area contributed by atoms with Crippen LogP contribution in [-0.4, -0.2) is 33.3 Å². The molecule has 0 aromatic carbocycles. The van der Waals surface area contributed by atoms with E-state index in [1.54, 1.807) is 6.20 Å². The molecule has 0 unspecified atom stereocenters. The van der Waals surface area contributed by atoms with E-state index in [0.29, 0.717) is 17.1 Å². The normalized spacial score (nSPS) is 19.4. The molecule has 20 heavy (non-hydrogen) atoms. The molecule has 108 valence electrons. The van der Waals surface area contributed by atoms with Crippen molar-refractivity contribution in [2.45, 2.75) is 45.6 Å². The number of aromatic nitrogens is 4. The number of nitrogens with zero attached hydrogens (tertiary/aromatic N) is 4. The first-order valence-corrected chi connectivity index (χ1v) is 7.43. The second kappa shape index (κ2) is 4.88. The van der Waals surface area contributed by atoms with Crippen molar-refractivity contribution in [2.75, 3.05) is 11.9 Å². The van der Waals surface area contributed by atoms with E-state index in [-0.39, 0.29) is 5.28 Å². The van der Waals surface area contributed by atoms with Crippen molar-refractivity contribution in [1.82, 2.24) is 20.2 Å². The van der Waals surface area contributed by atoms with Gasteiger partial charge in [0.15, 0.2) is 5.65 Å². The Morgan fingerprint density at radius 1 is 1.30 bits per heavy atom. The van der Waals surface area contributed by atoms with Crippen molar-refractivity contribution < 1.29 is 0 Å². The molecule has 0 amide bonds. The number of halogens is 1. The maximum atomic E-state index is 6.01. The van der Waals surface area contributed by atoms with E-state index in [2.05, 4.69) is 46.0 Å². The fraction of sp³-hybridized carbons (Fsp3) is 0.643. The molecular formula is C14H20ClN5. The molecule has 0 atom stereocenters. The summed E-state index contributed by atoms with van der Waals surface area (Å²) in [7, 11) is 2.09. The van der Waals surface area contributed by atoms with Crippen LogP contribution in [0.4, 0.5) is 5.82 Å². The van der Waals surface area contributed by atoms with E-state index in [1.165, 1.54) is 25.7 Å². The summed E-state index contributed by atoms with van der Waals surface area (Å²) in [4.78, 5) is 10.8. The van der Waals surface area contributed by atoms with Gasteiger partial charge in [0.1, 0.15) is 5.82 Å². The van der Waals surface area contributed by atoms with E-state index in [1.807, 2.05) is 0 Å². The number of nitrogens with one attached hydrogen (secondary N) is 1. The van der Waals surface area contributed by atoms with Crippen molar-refractivity contribution in [1.29, 1.82) is 0 Å². The summed E-state index contributed by atoms with van der Waals surface area (Å²) in [5.74, 6) is 0.874. The monoisotopic (exact) mass is 293 g/mol. The maximum Gasteiger partial charge on any atom is 0.226 e. The van der Waals surface area contributed by atoms with Gasteiger partial charge >= 0.3 is 0 Å². The minimum Gasteiger partial charge on any atom is -0.356 e. The predicted octanol–water partition coefficient (Wildman–Crippen LogP) is 3.41. The van der Waals surface area contributed by atoms with Gasteiger partial charge in [0.2, 0.25) is 5.28 Å². The van der Waals surface area contributed by atoms with Crippen molar-refractivity contribution in [3.8, 4) is 0 Å². The molecule has 1 N–H and O–H groups in total. The number of rotatable bonds is 2. The highest BCUT2D eigenvalue weighted by molar-refractivity contribution is 6.28. The van der Waals surface area contributed by atoms with Crippen LogP contribution in [0.2, 0.25) is 5.28 Å². The van der Waals surface area contributed by atoms with Crippen LogP contribution in [0.1, 0.15) is 39.5 Å². The largest absolute Gasteiger partial charge is 0.356 e. The van der Waals surface area contributed by atoms with Gasteiger partial charge in [-0.3, -0.25) is 5.10 Å². The third kappa shape index (κ3) is 2.46. The lowest BCUT2D eigenvalue weighted by atomic mass is 9.75. The number of fused-ring (bicyclic) bond motifs is 1. The maximum absolute atomic E-state index is 6.01. The molecule has 0 radical (unpaired) electrons. The zero-order valence-electron chi connectivity index (χ0n) is 12.1. The van der Waals surface area contributed by atoms with Gasteiger partial charge in [-0.1, -0.05) is 13.8 Å². The zero-order valence-corrected chi connectivity index (χ0v) is 12.9. The number of H-pyrrole nitrogens is 1.